The Kier molecular flexibility index (Phi) is 6.39. The van der Waals surface area contributed by atoms with Crippen molar-refractivity contribution in [2.24, 2.45) is 5.92 Å². The standard InChI is InChI=1S/C21H28N6O3/c1-21(2,3)30-20(29)27-11-7-10-15(13-27)18(28)26-25-17-12-16(23-19(22)24-17)14-8-5-4-6-9-14/h4-6,8-9,12,15H,7,10-11,13H2,1-3H3,(H,26,28)(H3,22,23,24,25)/t15-/m1/s1. The van der Waals surface area contributed by atoms with E-state index in [0.717, 1.165) is 12.0 Å². The quantitative estimate of drug-likeness (QED) is 0.660. The van der Waals surface area contributed by atoms with Crippen LogP contribution in [0.15, 0.2) is 36.4 Å². The van der Waals surface area contributed by atoms with Gasteiger partial charge in [-0.15, -0.1) is 0 Å². The minimum Gasteiger partial charge on any atom is -0.444 e. The van der Waals surface area contributed by atoms with Gasteiger partial charge in [0.05, 0.1) is 11.6 Å². The number of benzene rings is 1. The summed E-state index contributed by atoms with van der Waals surface area (Å²) in [4.78, 5) is 34.9. The first-order valence-electron chi connectivity index (χ1n) is 9.95. The summed E-state index contributed by atoms with van der Waals surface area (Å²) in [5.41, 5.74) is 12.3. The summed E-state index contributed by atoms with van der Waals surface area (Å²) < 4.78 is 5.41. The number of piperidine rings is 1. The molecule has 1 aromatic carbocycles. The number of hydrazine groups is 1. The summed E-state index contributed by atoms with van der Waals surface area (Å²) in [6.07, 6.45) is 1.02. The average Bonchev–Trinajstić information content (AvgIpc) is 2.71. The lowest BCUT2D eigenvalue weighted by Gasteiger charge is -2.33. The molecule has 3 rings (SSSR count). The van der Waals surface area contributed by atoms with Gasteiger partial charge in [-0.1, -0.05) is 30.3 Å². The third-order valence-electron chi connectivity index (χ3n) is 4.57. The fourth-order valence-electron chi connectivity index (χ4n) is 3.20. The number of nitrogens with one attached hydrogen (secondary N) is 2. The van der Waals surface area contributed by atoms with E-state index in [1.807, 2.05) is 51.1 Å². The van der Waals surface area contributed by atoms with Crippen LogP contribution in [0.2, 0.25) is 0 Å². The lowest BCUT2D eigenvalue weighted by molar-refractivity contribution is -0.126. The second-order valence-corrected chi connectivity index (χ2v) is 8.24. The van der Waals surface area contributed by atoms with E-state index < -0.39 is 11.7 Å². The van der Waals surface area contributed by atoms with Crippen LogP contribution in [0.1, 0.15) is 33.6 Å². The zero-order chi connectivity index (χ0) is 21.7. The second kappa shape index (κ2) is 8.98. The molecule has 1 saturated heterocycles. The minimum absolute atomic E-state index is 0.0990. The molecule has 2 aromatic rings. The van der Waals surface area contributed by atoms with Crippen LogP contribution in [0.5, 0.6) is 0 Å². The molecule has 0 spiro atoms. The SMILES string of the molecule is CC(C)(C)OC(=O)N1CCC[C@@H](C(=O)NNc2cc(-c3ccccc3)nc(N)n2)C1. The van der Waals surface area contributed by atoms with E-state index in [9.17, 15) is 9.59 Å². The predicted molar refractivity (Wildman–Crippen MR) is 114 cm³/mol. The number of nitrogens with two attached hydrogens (primary N) is 1. The number of carbonyl (C=O) groups excluding carboxylic acids is 2. The van der Waals surface area contributed by atoms with E-state index in [4.69, 9.17) is 10.5 Å². The van der Waals surface area contributed by atoms with Crippen molar-refractivity contribution in [1.82, 2.24) is 20.3 Å². The van der Waals surface area contributed by atoms with Crippen LogP contribution in [-0.4, -0.2) is 45.6 Å². The highest BCUT2D eigenvalue weighted by Crippen LogP contribution is 2.21. The molecular weight excluding hydrogens is 384 g/mol. The number of amides is 2. The Labute approximate surface area is 176 Å². The summed E-state index contributed by atoms with van der Waals surface area (Å²) >= 11 is 0. The first kappa shape index (κ1) is 21.4. The highest BCUT2D eigenvalue weighted by atomic mass is 16.6. The molecule has 0 radical (unpaired) electrons. The molecular formula is C21H28N6O3. The van der Waals surface area contributed by atoms with Crippen LogP contribution >= 0.6 is 0 Å². The molecule has 1 atom stereocenters. The molecule has 30 heavy (non-hydrogen) atoms. The number of rotatable bonds is 4. The topological polar surface area (TPSA) is 122 Å². The van der Waals surface area contributed by atoms with Crippen molar-refractivity contribution in [2.45, 2.75) is 39.2 Å². The largest absolute Gasteiger partial charge is 0.444 e. The summed E-state index contributed by atoms with van der Waals surface area (Å²) in [5, 5.41) is 0. The van der Waals surface area contributed by atoms with Crippen molar-refractivity contribution in [2.75, 3.05) is 24.2 Å². The molecule has 0 unspecified atom stereocenters. The van der Waals surface area contributed by atoms with Gasteiger partial charge in [0.1, 0.15) is 5.60 Å². The number of ether oxygens (including phenoxy) is 1. The summed E-state index contributed by atoms with van der Waals surface area (Å²) in [6.45, 7) is 6.35. The maximum atomic E-state index is 12.6. The molecule has 0 saturated carbocycles. The number of likely N-dealkylation sites (tertiary alicyclic amines) is 1. The number of nitrogen functional groups attached to an aromatic ring is 1. The molecule has 0 bridgehead atoms. The lowest BCUT2D eigenvalue weighted by Crippen LogP contribution is -2.47. The van der Waals surface area contributed by atoms with Gasteiger partial charge in [0.2, 0.25) is 11.9 Å². The first-order valence-corrected chi connectivity index (χ1v) is 9.95. The Morgan fingerprint density at radius 3 is 2.63 bits per heavy atom. The fourth-order valence-corrected chi connectivity index (χ4v) is 3.20. The van der Waals surface area contributed by atoms with Crippen LogP contribution in [0.4, 0.5) is 16.6 Å². The second-order valence-electron chi connectivity index (χ2n) is 8.24. The number of carbonyl (C=O) groups is 2. The Morgan fingerprint density at radius 2 is 1.93 bits per heavy atom. The fraction of sp³-hybridized carbons (Fsp3) is 0.429. The van der Waals surface area contributed by atoms with Gasteiger partial charge in [-0.25, -0.2) is 9.78 Å². The number of aromatic nitrogens is 2. The summed E-state index contributed by atoms with van der Waals surface area (Å²) in [6, 6.07) is 11.3. The van der Waals surface area contributed by atoms with E-state index in [-0.39, 0.29) is 17.8 Å². The molecule has 1 aliphatic rings. The molecule has 4 N–H and O–H groups in total. The van der Waals surface area contributed by atoms with Crippen molar-refractivity contribution in [3.63, 3.8) is 0 Å². The monoisotopic (exact) mass is 412 g/mol. The maximum Gasteiger partial charge on any atom is 0.410 e. The number of hydrogen-bond donors (Lipinski definition) is 3. The predicted octanol–water partition coefficient (Wildman–Crippen LogP) is 2.82. The van der Waals surface area contributed by atoms with E-state index in [1.165, 1.54) is 0 Å². The molecule has 1 aromatic heterocycles. The zero-order valence-electron chi connectivity index (χ0n) is 17.5. The van der Waals surface area contributed by atoms with Crippen LogP contribution in [0.3, 0.4) is 0 Å². The van der Waals surface area contributed by atoms with Crippen LogP contribution in [0, 0.1) is 5.92 Å². The summed E-state index contributed by atoms with van der Waals surface area (Å²) in [5.74, 6) is -0.0790. The van der Waals surface area contributed by atoms with Crippen LogP contribution in [0.25, 0.3) is 11.3 Å². The van der Waals surface area contributed by atoms with Gasteiger partial charge >= 0.3 is 6.09 Å². The lowest BCUT2D eigenvalue weighted by atomic mass is 9.98. The van der Waals surface area contributed by atoms with Gasteiger partial charge in [0, 0.05) is 24.7 Å². The molecule has 9 nitrogen and oxygen atoms in total. The third-order valence-corrected chi connectivity index (χ3v) is 4.57. The molecule has 1 fully saturated rings. The van der Waals surface area contributed by atoms with Crippen molar-refractivity contribution in [1.29, 1.82) is 0 Å². The van der Waals surface area contributed by atoms with E-state index in [1.54, 1.807) is 11.0 Å². The summed E-state index contributed by atoms with van der Waals surface area (Å²) in [7, 11) is 0. The smallest absolute Gasteiger partial charge is 0.410 e. The Morgan fingerprint density at radius 1 is 1.20 bits per heavy atom. The number of anilines is 2. The van der Waals surface area contributed by atoms with E-state index in [0.29, 0.717) is 31.0 Å². The average molecular weight is 412 g/mol. The molecule has 0 aliphatic carbocycles. The molecule has 160 valence electrons. The van der Waals surface area contributed by atoms with Gasteiger partial charge in [0.25, 0.3) is 0 Å². The van der Waals surface area contributed by atoms with Gasteiger partial charge in [-0.3, -0.25) is 15.6 Å². The van der Waals surface area contributed by atoms with Gasteiger partial charge in [-0.2, -0.15) is 4.98 Å². The van der Waals surface area contributed by atoms with Crippen molar-refractivity contribution in [3.8, 4) is 11.3 Å². The minimum atomic E-state index is -0.572. The van der Waals surface area contributed by atoms with Crippen molar-refractivity contribution >= 4 is 23.8 Å². The highest BCUT2D eigenvalue weighted by molar-refractivity contribution is 5.81. The Bertz CT molecular complexity index is 897. The molecule has 2 heterocycles. The molecule has 9 heteroatoms. The third kappa shape index (κ3) is 5.82. The zero-order valence-corrected chi connectivity index (χ0v) is 17.5. The number of nitrogens with zero attached hydrogens (tertiary/aromatic N) is 3. The Hall–Kier alpha value is -3.36. The van der Waals surface area contributed by atoms with Crippen molar-refractivity contribution < 1.29 is 14.3 Å². The van der Waals surface area contributed by atoms with E-state index in [2.05, 4.69) is 20.8 Å². The van der Waals surface area contributed by atoms with Crippen LogP contribution in [-0.2, 0) is 9.53 Å². The number of hydrogen-bond acceptors (Lipinski definition) is 7. The molecule has 1 aliphatic heterocycles. The Balaban J connectivity index is 1.60. The normalized spacial score (nSPS) is 16.6. The van der Waals surface area contributed by atoms with Gasteiger partial charge in [-0.05, 0) is 33.6 Å². The van der Waals surface area contributed by atoms with Crippen molar-refractivity contribution in [3.05, 3.63) is 36.4 Å². The van der Waals surface area contributed by atoms with E-state index >= 15 is 0 Å². The van der Waals surface area contributed by atoms with Gasteiger partial charge < -0.3 is 15.4 Å². The highest BCUT2D eigenvalue weighted by Gasteiger charge is 2.31. The molecule has 2 amide bonds. The first-order chi connectivity index (χ1) is 14.2. The maximum absolute atomic E-state index is 12.6. The van der Waals surface area contributed by atoms with Crippen LogP contribution < -0.4 is 16.6 Å². The van der Waals surface area contributed by atoms with Gasteiger partial charge in [0.15, 0.2) is 5.82 Å².